The van der Waals surface area contributed by atoms with Gasteiger partial charge >= 0.3 is 0 Å². The van der Waals surface area contributed by atoms with E-state index in [-0.39, 0.29) is 0 Å². The molecule has 0 aliphatic carbocycles. The second kappa shape index (κ2) is 11.2. The highest BCUT2D eigenvalue weighted by Crippen LogP contribution is 2.43. The van der Waals surface area contributed by atoms with E-state index < -0.39 is 0 Å². The minimum Gasteiger partial charge on any atom is -0.310 e. The third kappa shape index (κ3) is 4.52. The van der Waals surface area contributed by atoms with E-state index in [2.05, 4.69) is 202 Å². The Kier molecular flexibility index (Phi) is 6.46. The molecular weight excluding hydrogens is 571 g/mol. The molecule has 9 rings (SSSR count). The summed E-state index contributed by atoms with van der Waals surface area (Å²) in [6, 6.07) is 67.2. The molecule has 0 aliphatic rings. The van der Waals surface area contributed by atoms with Gasteiger partial charge in [0.25, 0.3) is 0 Å². The molecule has 2 heterocycles. The zero-order chi connectivity index (χ0) is 31.2. The molecule has 0 unspecified atom stereocenters. The van der Waals surface area contributed by atoms with Crippen molar-refractivity contribution < 1.29 is 0 Å². The number of hydrogen-bond donors (Lipinski definition) is 0. The quantitative estimate of drug-likeness (QED) is 0.185. The summed E-state index contributed by atoms with van der Waals surface area (Å²) in [6.45, 7) is 0. The number of fused-ring (bicyclic) bond motifs is 5. The molecule has 7 aromatic carbocycles. The molecule has 0 radical (unpaired) electrons. The van der Waals surface area contributed by atoms with Gasteiger partial charge in [-0.1, -0.05) is 121 Å². The summed E-state index contributed by atoms with van der Waals surface area (Å²) in [4.78, 5) is 2.35. The first-order chi connectivity index (χ1) is 23.3. The van der Waals surface area contributed by atoms with Crippen molar-refractivity contribution >= 4 is 49.9 Å². The molecule has 0 aliphatic heterocycles. The number of nitrogens with zero attached hydrogens (tertiary/aromatic N) is 3. The number of anilines is 3. The summed E-state index contributed by atoms with van der Waals surface area (Å²) in [5, 5.41) is 3.73. The van der Waals surface area contributed by atoms with E-state index in [0.29, 0.717) is 0 Å². The molecule has 0 spiro atoms. The maximum absolute atomic E-state index is 2.43. The predicted molar refractivity (Wildman–Crippen MR) is 198 cm³/mol. The van der Waals surface area contributed by atoms with Gasteiger partial charge in [0, 0.05) is 44.6 Å². The molecule has 0 fully saturated rings. The van der Waals surface area contributed by atoms with Crippen molar-refractivity contribution in [3.63, 3.8) is 0 Å². The molecule has 0 N–H and O–H groups in total. The molecule has 3 heteroatoms. The number of para-hydroxylation sites is 4. The summed E-state index contributed by atoms with van der Waals surface area (Å²) in [5.74, 6) is 0. The van der Waals surface area contributed by atoms with Crippen LogP contribution in [0.5, 0.6) is 0 Å². The van der Waals surface area contributed by atoms with Crippen LogP contribution in [0.2, 0.25) is 0 Å². The van der Waals surface area contributed by atoms with Gasteiger partial charge in [-0.05, 0) is 77.9 Å². The molecular formula is C44H31N3. The second-order valence-electron chi connectivity index (χ2n) is 11.8. The lowest BCUT2D eigenvalue weighted by Crippen LogP contribution is -2.10. The number of aromatic nitrogens is 2. The van der Waals surface area contributed by atoms with Crippen LogP contribution < -0.4 is 4.90 Å². The van der Waals surface area contributed by atoms with Crippen LogP contribution in [0.1, 0.15) is 0 Å². The van der Waals surface area contributed by atoms with Gasteiger partial charge in [-0.3, -0.25) is 9.13 Å². The smallest absolute Gasteiger partial charge is 0.131 e. The third-order valence-corrected chi connectivity index (χ3v) is 9.09. The average Bonchev–Trinajstić information content (AvgIpc) is 3.66. The van der Waals surface area contributed by atoms with E-state index in [1.807, 2.05) is 0 Å². The maximum atomic E-state index is 2.43. The highest BCUT2D eigenvalue weighted by atomic mass is 15.2. The van der Waals surface area contributed by atoms with Crippen LogP contribution in [0.15, 0.2) is 188 Å². The van der Waals surface area contributed by atoms with Gasteiger partial charge in [0.15, 0.2) is 0 Å². The SMILES string of the molecule is c1ccc(-c2ccc(N(c3ccccc3)c3ccc4c5c6ccccc6n(-c6ccccc6)c5n(-c5ccccc5)c4c3)cc2)cc1. The Bertz CT molecular complexity index is 2480. The average molecular weight is 602 g/mol. The van der Waals surface area contributed by atoms with E-state index in [4.69, 9.17) is 0 Å². The second-order valence-corrected chi connectivity index (χ2v) is 11.8. The largest absolute Gasteiger partial charge is 0.310 e. The molecule has 0 saturated heterocycles. The van der Waals surface area contributed by atoms with Gasteiger partial charge in [0.1, 0.15) is 5.65 Å². The standard InChI is InChI=1S/C44H31N3/c1-5-15-32(16-6-1)33-25-27-37(28-26-33)45(34-17-7-2-8-18-34)38-29-30-40-42(31-38)47(36-21-11-4-12-22-36)44-43(40)39-23-13-14-24-41(39)46(44)35-19-9-3-10-20-35/h1-31H. The first-order valence-electron chi connectivity index (χ1n) is 16.0. The summed E-state index contributed by atoms with van der Waals surface area (Å²) in [6.07, 6.45) is 0. The molecule has 47 heavy (non-hydrogen) atoms. The predicted octanol–water partition coefficient (Wildman–Crippen LogP) is 11.9. The highest BCUT2D eigenvalue weighted by molar-refractivity contribution is 6.22. The zero-order valence-electron chi connectivity index (χ0n) is 25.7. The van der Waals surface area contributed by atoms with Crippen LogP contribution in [0, 0.1) is 0 Å². The normalized spacial score (nSPS) is 11.4. The Labute approximate surface area is 273 Å². The first kappa shape index (κ1) is 27.0. The number of benzene rings is 7. The minimum atomic E-state index is 1.10. The fraction of sp³-hybridized carbons (Fsp3) is 0. The summed E-state index contributed by atoms with van der Waals surface area (Å²) in [7, 11) is 0. The molecule has 3 nitrogen and oxygen atoms in total. The highest BCUT2D eigenvalue weighted by Gasteiger charge is 2.23. The third-order valence-electron chi connectivity index (χ3n) is 9.09. The van der Waals surface area contributed by atoms with Crippen LogP contribution >= 0.6 is 0 Å². The van der Waals surface area contributed by atoms with E-state index in [0.717, 1.165) is 39.6 Å². The Morgan fingerprint density at radius 1 is 0.340 bits per heavy atom. The van der Waals surface area contributed by atoms with Crippen LogP contribution in [0.25, 0.3) is 55.3 Å². The van der Waals surface area contributed by atoms with Crippen molar-refractivity contribution in [1.82, 2.24) is 9.13 Å². The fourth-order valence-electron chi connectivity index (χ4n) is 7.01. The Morgan fingerprint density at radius 2 is 0.809 bits per heavy atom. The molecule has 9 aromatic rings. The van der Waals surface area contributed by atoms with Crippen molar-refractivity contribution in [2.75, 3.05) is 4.90 Å². The number of rotatable bonds is 6. The summed E-state index contributed by atoms with van der Waals surface area (Å²) < 4.78 is 4.84. The van der Waals surface area contributed by atoms with Gasteiger partial charge in [0.2, 0.25) is 0 Å². The lowest BCUT2D eigenvalue weighted by Gasteiger charge is -2.26. The maximum Gasteiger partial charge on any atom is 0.131 e. The Morgan fingerprint density at radius 3 is 1.47 bits per heavy atom. The fourth-order valence-corrected chi connectivity index (χ4v) is 7.01. The lowest BCUT2D eigenvalue weighted by molar-refractivity contribution is 1.07. The molecule has 0 amide bonds. The van der Waals surface area contributed by atoms with Crippen LogP contribution in [-0.4, -0.2) is 9.13 Å². The summed E-state index contributed by atoms with van der Waals surface area (Å²) in [5.41, 5.74) is 11.5. The monoisotopic (exact) mass is 601 g/mol. The van der Waals surface area contributed by atoms with Crippen molar-refractivity contribution in [2.24, 2.45) is 0 Å². The van der Waals surface area contributed by atoms with Gasteiger partial charge in [-0.25, -0.2) is 0 Å². The molecule has 2 aromatic heterocycles. The minimum absolute atomic E-state index is 1.10. The Hall–Kier alpha value is -6.32. The first-order valence-corrected chi connectivity index (χ1v) is 16.0. The topological polar surface area (TPSA) is 13.1 Å². The van der Waals surface area contributed by atoms with E-state index in [1.165, 1.54) is 32.8 Å². The molecule has 222 valence electrons. The van der Waals surface area contributed by atoms with Gasteiger partial charge in [-0.2, -0.15) is 0 Å². The van der Waals surface area contributed by atoms with Crippen molar-refractivity contribution in [2.45, 2.75) is 0 Å². The van der Waals surface area contributed by atoms with Crippen molar-refractivity contribution in [3.8, 4) is 22.5 Å². The Balaban J connectivity index is 1.32. The van der Waals surface area contributed by atoms with E-state index in [1.54, 1.807) is 0 Å². The van der Waals surface area contributed by atoms with Gasteiger partial charge in [0.05, 0.1) is 11.0 Å². The van der Waals surface area contributed by atoms with E-state index >= 15 is 0 Å². The van der Waals surface area contributed by atoms with Crippen LogP contribution in [0.3, 0.4) is 0 Å². The van der Waals surface area contributed by atoms with Crippen molar-refractivity contribution in [3.05, 3.63) is 188 Å². The van der Waals surface area contributed by atoms with Crippen molar-refractivity contribution in [1.29, 1.82) is 0 Å². The lowest BCUT2D eigenvalue weighted by atomic mass is 10.0. The molecule has 0 atom stereocenters. The molecule has 0 saturated carbocycles. The van der Waals surface area contributed by atoms with E-state index in [9.17, 15) is 0 Å². The van der Waals surface area contributed by atoms with Gasteiger partial charge < -0.3 is 4.90 Å². The van der Waals surface area contributed by atoms with Crippen LogP contribution in [0.4, 0.5) is 17.1 Å². The number of hydrogen-bond acceptors (Lipinski definition) is 1. The zero-order valence-corrected chi connectivity index (χ0v) is 25.7. The van der Waals surface area contributed by atoms with Crippen LogP contribution in [-0.2, 0) is 0 Å². The molecule has 0 bridgehead atoms. The van der Waals surface area contributed by atoms with Gasteiger partial charge in [-0.15, -0.1) is 0 Å². The summed E-state index contributed by atoms with van der Waals surface area (Å²) >= 11 is 0.